The van der Waals surface area contributed by atoms with E-state index in [1.54, 1.807) is 14.2 Å². The molecule has 0 aromatic carbocycles. The zero-order valence-electron chi connectivity index (χ0n) is 13.9. The molecule has 1 aliphatic rings. The maximum Gasteiger partial charge on any atom is 0.255 e. The molecule has 0 radical (unpaired) electrons. The summed E-state index contributed by atoms with van der Waals surface area (Å²) < 4.78 is 10.7. The molecule has 3 heterocycles. The topological polar surface area (TPSA) is 80.3 Å². The van der Waals surface area contributed by atoms with Crippen molar-refractivity contribution in [1.29, 1.82) is 0 Å². The van der Waals surface area contributed by atoms with E-state index >= 15 is 0 Å². The molecule has 2 aromatic rings. The van der Waals surface area contributed by atoms with Crippen LogP contribution in [0.2, 0.25) is 0 Å². The van der Waals surface area contributed by atoms with Crippen LogP contribution in [0.5, 0.6) is 0 Å². The lowest BCUT2D eigenvalue weighted by Crippen LogP contribution is -2.38. The molecule has 1 amide bonds. The van der Waals surface area contributed by atoms with Crippen LogP contribution in [-0.2, 0) is 9.47 Å². The van der Waals surface area contributed by atoms with Gasteiger partial charge in [0.25, 0.3) is 5.91 Å². The van der Waals surface area contributed by atoms with E-state index in [1.807, 2.05) is 24.8 Å². The van der Waals surface area contributed by atoms with Crippen molar-refractivity contribution in [1.82, 2.24) is 20.1 Å². The highest BCUT2D eigenvalue weighted by Gasteiger charge is 2.36. The first kappa shape index (κ1) is 15.9. The number of nitrogens with one attached hydrogen (secondary N) is 1. The molecule has 2 aromatic heterocycles. The molecule has 1 saturated heterocycles. The number of hydrogen-bond acceptors (Lipinski definition) is 5. The Morgan fingerprint density at radius 1 is 1.43 bits per heavy atom. The third-order valence-corrected chi connectivity index (χ3v) is 4.39. The average molecular weight is 318 g/mol. The highest BCUT2D eigenvalue weighted by atomic mass is 16.5. The van der Waals surface area contributed by atoms with Gasteiger partial charge in [0.2, 0.25) is 0 Å². The van der Waals surface area contributed by atoms with Crippen LogP contribution in [0.25, 0.3) is 11.0 Å². The van der Waals surface area contributed by atoms with Gasteiger partial charge in [-0.15, -0.1) is 0 Å². The van der Waals surface area contributed by atoms with Crippen LogP contribution in [0.1, 0.15) is 28.2 Å². The molecule has 0 saturated carbocycles. The standard InChI is InChI=1S/C16H22N4O3/c1-9-5-13(14-10(2)18-19-15(14)17-9)16(21)20-7-12(23-4)6-11(20)8-22-3/h5,11-12H,6-8H2,1-4H3,(H,17,18,19)/t11-,12-/m0/s1. The predicted molar refractivity (Wildman–Crippen MR) is 85.5 cm³/mol. The van der Waals surface area contributed by atoms with Gasteiger partial charge in [0.05, 0.1) is 29.7 Å². The second kappa shape index (κ2) is 6.25. The van der Waals surface area contributed by atoms with Gasteiger partial charge in [-0.05, 0) is 26.3 Å². The zero-order chi connectivity index (χ0) is 16.6. The van der Waals surface area contributed by atoms with E-state index in [0.29, 0.717) is 24.4 Å². The first-order valence-corrected chi connectivity index (χ1v) is 7.70. The van der Waals surface area contributed by atoms with E-state index < -0.39 is 0 Å². The van der Waals surface area contributed by atoms with Crippen LogP contribution in [0.15, 0.2) is 6.07 Å². The molecule has 23 heavy (non-hydrogen) atoms. The lowest BCUT2D eigenvalue weighted by molar-refractivity contribution is 0.0614. The van der Waals surface area contributed by atoms with Gasteiger partial charge in [-0.25, -0.2) is 4.98 Å². The molecule has 1 N–H and O–H groups in total. The molecule has 1 aliphatic heterocycles. The smallest absolute Gasteiger partial charge is 0.255 e. The van der Waals surface area contributed by atoms with Gasteiger partial charge in [-0.2, -0.15) is 5.10 Å². The van der Waals surface area contributed by atoms with Crippen molar-refractivity contribution in [3.8, 4) is 0 Å². The van der Waals surface area contributed by atoms with Gasteiger partial charge < -0.3 is 14.4 Å². The van der Waals surface area contributed by atoms with Crippen molar-refractivity contribution in [2.45, 2.75) is 32.4 Å². The minimum atomic E-state index is -0.0217. The molecule has 0 bridgehead atoms. The maximum absolute atomic E-state index is 13.2. The van der Waals surface area contributed by atoms with E-state index in [2.05, 4.69) is 15.2 Å². The molecule has 7 heteroatoms. The SMILES string of the molecule is COC[C@@H]1C[C@H](OC)CN1C(=O)c1cc(C)nc2n[nH]c(C)c12. The van der Waals surface area contributed by atoms with Crippen LogP contribution < -0.4 is 0 Å². The number of aryl methyl sites for hydroxylation is 2. The van der Waals surface area contributed by atoms with Gasteiger partial charge in [0.15, 0.2) is 5.65 Å². The number of H-pyrrole nitrogens is 1. The fourth-order valence-corrected chi connectivity index (χ4v) is 3.27. The normalized spacial score (nSPS) is 21.3. The summed E-state index contributed by atoms with van der Waals surface area (Å²) in [5.41, 5.74) is 2.84. The van der Waals surface area contributed by atoms with Gasteiger partial charge in [-0.3, -0.25) is 9.89 Å². The summed E-state index contributed by atoms with van der Waals surface area (Å²) in [7, 11) is 3.33. The first-order chi connectivity index (χ1) is 11.0. The number of hydrogen-bond donors (Lipinski definition) is 1. The number of carbonyl (C=O) groups is 1. The number of fused-ring (bicyclic) bond motifs is 1. The number of ether oxygens (including phenoxy) is 2. The Bertz CT molecular complexity index is 727. The molecule has 7 nitrogen and oxygen atoms in total. The summed E-state index contributed by atoms with van der Waals surface area (Å²) in [5, 5.41) is 7.88. The Hall–Kier alpha value is -1.99. The van der Waals surface area contributed by atoms with Crippen molar-refractivity contribution in [3.63, 3.8) is 0 Å². The second-order valence-corrected chi connectivity index (χ2v) is 6.02. The van der Waals surface area contributed by atoms with Gasteiger partial charge in [-0.1, -0.05) is 0 Å². The Morgan fingerprint density at radius 3 is 2.91 bits per heavy atom. The van der Waals surface area contributed by atoms with Crippen LogP contribution in [-0.4, -0.2) is 65.5 Å². The third-order valence-electron chi connectivity index (χ3n) is 4.39. The van der Waals surface area contributed by atoms with Gasteiger partial charge in [0, 0.05) is 32.2 Å². The summed E-state index contributed by atoms with van der Waals surface area (Å²) in [4.78, 5) is 19.4. The minimum absolute atomic E-state index is 0.0215. The first-order valence-electron chi connectivity index (χ1n) is 7.70. The number of aromatic nitrogens is 3. The number of aromatic amines is 1. The van der Waals surface area contributed by atoms with E-state index in [-0.39, 0.29) is 18.1 Å². The second-order valence-electron chi connectivity index (χ2n) is 6.02. The Balaban J connectivity index is 2.00. The fraction of sp³-hybridized carbons (Fsp3) is 0.562. The van der Waals surface area contributed by atoms with Crippen molar-refractivity contribution in [3.05, 3.63) is 23.0 Å². The summed E-state index contributed by atoms with van der Waals surface area (Å²) >= 11 is 0. The summed E-state index contributed by atoms with van der Waals surface area (Å²) in [6.45, 7) is 4.85. The molecule has 0 unspecified atom stereocenters. The van der Waals surface area contributed by atoms with E-state index in [1.165, 1.54) is 0 Å². The summed E-state index contributed by atoms with van der Waals surface area (Å²) in [6.07, 6.45) is 0.830. The number of likely N-dealkylation sites (tertiary alicyclic amines) is 1. The monoisotopic (exact) mass is 318 g/mol. The number of methoxy groups -OCH3 is 2. The minimum Gasteiger partial charge on any atom is -0.383 e. The molecular formula is C16H22N4O3. The maximum atomic E-state index is 13.2. The van der Waals surface area contributed by atoms with Crippen LogP contribution in [0.4, 0.5) is 0 Å². The number of carbonyl (C=O) groups excluding carboxylic acids is 1. The molecule has 3 rings (SSSR count). The van der Waals surface area contributed by atoms with Crippen molar-refractivity contribution in [2.75, 3.05) is 27.4 Å². The molecule has 0 aliphatic carbocycles. The predicted octanol–water partition coefficient (Wildman–Crippen LogP) is 1.45. The van der Waals surface area contributed by atoms with E-state index in [0.717, 1.165) is 23.2 Å². The van der Waals surface area contributed by atoms with Crippen LogP contribution in [0, 0.1) is 13.8 Å². The van der Waals surface area contributed by atoms with Crippen LogP contribution in [0.3, 0.4) is 0 Å². The van der Waals surface area contributed by atoms with Crippen molar-refractivity contribution in [2.24, 2.45) is 0 Å². The number of rotatable bonds is 4. The Morgan fingerprint density at radius 2 is 2.22 bits per heavy atom. The quantitative estimate of drug-likeness (QED) is 0.923. The molecule has 124 valence electrons. The Labute approximate surface area is 135 Å². The highest BCUT2D eigenvalue weighted by Crippen LogP contribution is 2.27. The number of nitrogens with zero attached hydrogens (tertiary/aromatic N) is 3. The van der Waals surface area contributed by atoms with Crippen LogP contribution >= 0.6 is 0 Å². The lowest BCUT2D eigenvalue weighted by atomic mass is 10.1. The van der Waals surface area contributed by atoms with Gasteiger partial charge in [0.1, 0.15) is 0 Å². The third kappa shape index (κ3) is 2.82. The van der Waals surface area contributed by atoms with E-state index in [4.69, 9.17) is 9.47 Å². The average Bonchev–Trinajstić information content (AvgIpc) is 3.10. The van der Waals surface area contributed by atoms with Gasteiger partial charge >= 0.3 is 0 Å². The number of pyridine rings is 1. The molecule has 2 atom stereocenters. The van der Waals surface area contributed by atoms with Crippen molar-refractivity contribution >= 4 is 16.9 Å². The number of amides is 1. The summed E-state index contributed by atoms with van der Waals surface area (Å²) in [5.74, 6) is -0.0217. The molecular weight excluding hydrogens is 296 g/mol. The lowest BCUT2D eigenvalue weighted by Gasteiger charge is -2.24. The largest absolute Gasteiger partial charge is 0.383 e. The zero-order valence-corrected chi connectivity index (χ0v) is 13.9. The summed E-state index contributed by atoms with van der Waals surface area (Å²) in [6, 6.07) is 1.85. The Kier molecular flexibility index (Phi) is 4.32. The molecule has 0 spiro atoms. The van der Waals surface area contributed by atoms with E-state index in [9.17, 15) is 4.79 Å². The fourth-order valence-electron chi connectivity index (χ4n) is 3.27. The highest BCUT2D eigenvalue weighted by molar-refractivity contribution is 6.06. The molecule has 1 fully saturated rings. The van der Waals surface area contributed by atoms with Crippen molar-refractivity contribution < 1.29 is 14.3 Å².